The molecule has 32 heavy (non-hydrogen) atoms. The minimum Gasteiger partial charge on any atom is -0.507 e. The lowest BCUT2D eigenvalue weighted by Crippen LogP contribution is -2.28. The third-order valence-electron chi connectivity index (χ3n) is 5.33. The summed E-state index contributed by atoms with van der Waals surface area (Å²) in [5.74, 6) is -0.874. The Morgan fingerprint density at radius 1 is 0.906 bits per heavy atom. The molecule has 0 unspecified atom stereocenters. The van der Waals surface area contributed by atoms with Gasteiger partial charge in [-0.1, -0.05) is 53.7 Å². The molecule has 0 aromatic heterocycles. The van der Waals surface area contributed by atoms with Crippen LogP contribution in [0.5, 0.6) is 17.2 Å². The third kappa shape index (κ3) is 4.63. The molecule has 3 N–H and O–H groups in total. The van der Waals surface area contributed by atoms with Crippen molar-refractivity contribution in [2.24, 2.45) is 0 Å². The number of carbonyl (C=O) groups excluding carboxylic acids is 2. The first kappa shape index (κ1) is 23.7. The van der Waals surface area contributed by atoms with E-state index in [4.69, 9.17) is 0 Å². The van der Waals surface area contributed by atoms with E-state index in [2.05, 4.69) is 0 Å². The van der Waals surface area contributed by atoms with Gasteiger partial charge in [0, 0.05) is 5.56 Å². The zero-order valence-electron chi connectivity index (χ0n) is 19.2. The van der Waals surface area contributed by atoms with Gasteiger partial charge in [0.1, 0.15) is 5.75 Å². The second-order valence-corrected chi connectivity index (χ2v) is 11.0. The van der Waals surface area contributed by atoms with E-state index < -0.39 is 11.1 Å². The number of nitrogens with zero attached hydrogens (tertiary/aromatic N) is 1. The van der Waals surface area contributed by atoms with E-state index in [0.717, 1.165) is 33.4 Å². The highest BCUT2D eigenvalue weighted by Crippen LogP contribution is 2.41. The van der Waals surface area contributed by atoms with Crippen molar-refractivity contribution in [1.29, 1.82) is 0 Å². The van der Waals surface area contributed by atoms with Gasteiger partial charge in [-0.15, -0.1) is 0 Å². The molecule has 3 rings (SSSR count). The highest BCUT2D eigenvalue weighted by Gasteiger charge is 2.36. The number of hydrogen-bond acceptors (Lipinski definition) is 6. The number of thioether (sulfide) groups is 1. The van der Waals surface area contributed by atoms with Crippen LogP contribution in [0.3, 0.4) is 0 Å². The number of hydrogen-bond donors (Lipinski definition) is 3. The summed E-state index contributed by atoms with van der Waals surface area (Å²) in [5, 5.41) is 30.2. The molecule has 1 heterocycles. The second kappa shape index (κ2) is 8.20. The maximum atomic E-state index is 13.0. The van der Waals surface area contributed by atoms with Crippen molar-refractivity contribution < 1.29 is 24.9 Å². The van der Waals surface area contributed by atoms with Gasteiger partial charge in [-0.2, -0.15) is 0 Å². The number of imide groups is 1. The van der Waals surface area contributed by atoms with E-state index in [1.807, 2.05) is 53.7 Å². The lowest BCUT2D eigenvalue weighted by molar-refractivity contribution is -0.123. The lowest BCUT2D eigenvalue weighted by Gasteiger charge is -2.28. The maximum absolute atomic E-state index is 13.0. The summed E-state index contributed by atoms with van der Waals surface area (Å²) in [5.41, 5.74) is 1.86. The summed E-state index contributed by atoms with van der Waals surface area (Å²) in [4.78, 5) is 26.9. The number of benzene rings is 2. The Bertz CT molecular complexity index is 1090. The van der Waals surface area contributed by atoms with Crippen LogP contribution >= 0.6 is 11.8 Å². The minimum atomic E-state index is -0.467. The van der Waals surface area contributed by atoms with Crippen LogP contribution in [0, 0.1) is 0 Å². The molecule has 1 fully saturated rings. The molecule has 0 radical (unpaired) electrons. The average Bonchev–Trinajstić information content (AvgIpc) is 2.92. The Hall–Kier alpha value is -2.93. The number of rotatable bonds is 3. The molecule has 1 saturated heterocycles. The number of phenolic OH excluding ortho intramolecular Hbond substituents is 3. The second-order valence-electron chi connectivity index (χ2n) is 10.0. The topological polar surface area (TPSA) is 98.1 Å². The number of amides is 2. The van der Waals surface area contributed by atoms with Crippen LogP contribution in [0.25, 0.3) is 6.08 Å². The molecule has 0 spiro atoms. The minimum absolute atomic E-state index is 0.0699. The fourth-order valence-corrected chi connectivity index (χ4v) is 4.38. The van der Waals surface area contributed by atoms with Crippen LogP contribution in [0.1, 0.15) is 63.8 Å². The van der Waals surface area contributed by atoms with Crippen LogP contribution in [-0.2, 0) is 22.2 Å². The molecule has 2 aromatic rings. The summed E-state index contributed by atoms with van der Waals surface area (Å²) in [7, 11) is 0. The molecule has 7 heteroatoms. The highest BCUT2D eigenvalue weighted by molar-refractivity contribution is 8.18. The molecule has 1 aliphatic heterocycles. The van der Waals surface area contributed by atoms with E-state index in [9.17, 15) is 24.9 Å². The molecule has 0 atom stereocenters. The highest BCUT2D eigenvalue weighted by atomic mass is 32.2. The summed E-state index contributed by atoms with van der Waals surface area (Å²) in [6, 6.07) is 8.12. The fraction of sp³-hybridized carbons (Fsp3) is 0.360. The largest absolute Gasteiger partial charge is 0.507 e. The van der Waals surface area contributed by atoms with Crippen LogP contribution in [0.15, 0.2) is 35.2 Å². The smallest absolute Gasteiger partial charge is 0.293 e. The first-order chi connectivity index (χ1) is 14.7. The van der Waals surface area contributed by atoms with Gasteiger partial charge in [0.2, 0.25) is 0 Å². The molecule has 0 bridgehead atoms. The van der Waals surface area contributed by atoms with E-state index in [1.54, 1.807) is 12.1 Å². The van der Waals surface area contributed by atoms with Crippen LogP contribution in [-0.4, -0.2) is 31.4 Å². The van der Waals surface area contributed by atoms with Crippen LogP contribution in [0.4, 0.5) is 4.79 Å². The van der Waals surface area contributed by atoms with E-state index in [0.29, 0.717) is 0 Å². The normalized spacial score (nSPS) is 16.3. The molecule has 2 aromatic carbocycles. The zero-order chi connectivity index (χ0) is 24.0. The van der Waals surface area contributed by atoms with Crippen molar-refractivity contribution in [1.82, 2.24) is 4.90 Å². The molecule has 1 aliphatic rings. The first-order valence-corrected chi connectivity index (χ1v) is 11.1. The van der Waals surface area contributed by atoms with Crippen molar-refractivity contribution in [3.63, 3.8) is 0 Å². The van der Waals surface area contributed by atoms with E-state index in [1.165, 1.54) is 12.1 Å². The van der Waals surface area contributed by atoms with Gasteiger partial charge < -0.3 is 15.3 Å². The Kier molecular flexibility index (Phi) is 6.08. The monoisotopic (exact) mass is 455 g/mol. The summed E-state index contributed by atoms with van der Waals surface area (Å²) in [6.07, 6.45) is 1.40. The number of para-hydroxylation sites is 1. The van der Waals surface area contributed by atoms with Crippen molar-refractivity contribution >= 4 is 29.0 Å². The molecule has 2 amide bonds. The molecular formula is C25H29NO5S. The van der Waals surface area contributed by atoms with Crippen molar-refractivity contribution in [3.05, 3.63) is 57.5 Å². The SMILES string of the molecule is CC(C)(C)c1cc(CN2C(=O)S/C(=C\c3cccc(O)c3O)C2=O)cc(C(C)(C)C)c1O. The van der Waals surface area contributed by atoms with Gasteiger partial charge >= 0.3 is 0 Å². The van der Waals surface area contributed by atoms with Gasteiger partial charge in [0.15, 0.2) is 11.5 Å². The van der Waals surface area contributed by atoms with Gasteiger partial charge in [-0.05, 0) is 63.6 Å². The molecule has 6 nitrogen and oxygen atoms in total. The maximum Gasteiger partial charge on any atom is 0.293 e. The Morgan fingerprint density at radius 3 is 2.00 bits per heavy atom. The first-order valence-electron chi connectivity index (χ1n) is 10.3. The predicted octanol–water partition coefficient (Wildman–Crippen LogP) is 5.63. The Balaban J connectivity index is 1.98. The Labute approximate surface area is 192 Å². The van der Waals surface area contributed by atoms with Gasteiger partial charge in [-0.3, -0.25) is 14.5 Å². The number of phenols is 3. The molecule has 170 valence electrons. The van der Waals surface area contributed by atoms with Crippen molar-refractivity contribution in [2.75, 3.05) is 0 Å². The number of carbonyl (C=O) groups is 2. The standard InChI is InChI=1S/C25H29NO5S/c1-24(2,3)16-10-14(11-17(21(16)29)25(4,5)6)13-26-22(30)19(32-23(26)31)12-15-8-7-9-18(27)20(15)28/h7-12,27-29H,13H2,1-6H3/b19-12-. The third-order valence-corrected chi connectivity index (χ3v) is 6.24. The number of aromatic hydroxyl groups is 3. The van der Waals surface area contributed by atoms with Crippen LogP contribution < -0.4 is 0 Å². The molecule has 0 saturated carbocycles. The van der Waals surface area contributed by atoms with E-state index >= 15 is 0 Å². The summed E-state index contributed by atoms with van der Waals surface area (Å²) < 4.78 is 0. The fourth-order valence-electron chi connectivity index (χ4n) is 3.55. The summed E-state index contributed by atoms with van der Waals surface area (Å²) >= 11 is 0.789. The van der Waals surface area contributed by atoms with Crippen LogP contribution in [0.2, 0.25) is 0 Å². The quantitative estimate of drug-likeness (QED) is 0.410. The van der Waals surface area contributed by atoms with Gasteiger partial charge in [0.25, 0.3) is 11.1 Å². The van der Waals surface area contributed by atoms with E-state index in [-0.39, 0.29) is 45.1 Å². The summed E-state index contributed by atoms with van der Waals surface area (Å²) in [6.45, 7) is 12.1. The Morgan fingerprint density at radius 2 is 1.47 bits per heavy atom. The van der Waals surface area contributed by atoms with Gasteiger partial charge in [0.05, 0.1) is 11.4 Å². The predicted molar refractivity (Wildman–Crippen MR) is 127 cm³/mol. The zero-order valence-corrected chi connectivity index (χ0v) is 20.0. The average molecular weight is 456 g/mol. The molecule has 0 aliphatic carbocycles. The lowest BCUT2D eigenvalue weighted by atomic mass is 9.78. The van der Waals surface area contributed by atoms with Gasteiger partial charge in [-0.25, -0.2) is 0 Å². The molecular weight excluding hydrogens is 426 g/mol. The van der Waals surface area contributed by atoms with Crippen molar-refractivity contribution in [3.8, 4) is 17.2 Å². The van der Waals surface area contributed by atoms with Crippen molar-refractivity contribution in [2.45, 2.75) is 58.9 Å².